The molecule has 0 spiro atoms. The number of nitrogen functional groups attached to an aromatic ring is 1. The summed E-state index contributed by atoms with van der Waals surface area (Å²) in [4.78, 5) is 4.01. The van der Waals surface area contributed by atoms with Crippen LogP contribution in [0.25, 0.3) is 0 Å². The molecule has 0 aliphatic heterocycles. The summed E-state index contributed by atoms with van der Waals surface area (Å²) in [5.74, 6) is 0.552. The monoisotopic (exact) mass is 376 g/mol. The highest BCUT2D eigenvalue weighted by molar-refractivity contribution is 14.1. The fraction of sp³-hybridized carbons (Fsp3) is 0. The molecule has 0 radical (unpaired) electrons. The lowest BCUT2D eigenvalue weighted by Crippen LogP contribution is -1.94. The van der Waals surface area contributed by atoms with Crippen molar-refractivity contribution in [2.24, 2.45) is 0 Å². The predicted octanol–water partition coefficient (Wildman–Crippen LogP) is 2.79. The molecular formula is C5H3Br2IN2. The number of nitrogens with two attached hydrogens (primary N) is 1. The Morgan fingerprint density at radius 2 is 2.10 bits per heavy atom. The summed E-state index contributed by atoms with van der Waals surface area (Å²) in [6.45, 7) is 0. The van der Waals surface area contributed by atoms with Gasteiger partial charge in [0.2, 0.25) is 0 Å². The number of hydrogen-bond acceptors (Lipinski definition) is 2. The van der Waals surface area contributed by atoms with Crippen molar-refractivity contribution in [1.82, 2.24) is 4.98 Å². The van der Waals surface area contributed by atoms with Crippen molar-refractivity contribution in [1.29, 1.82) is 0 Å². The largest absolute Gasteiger partial charge is 0.383 e. The molecular weight excluding hydrogens is 375 g/mol. The Labute approximate surface area is 89.0 Å². The Morgan fingerprint density at radius 3 is 2.60 bits per heavy atom. The standard InChI is InChI=1S/C5H3Br2IN2/c6-2-1-3(8)5(9)10-4(2)7/h1H,(H2,9,10). The minimum Gasteiger partial charge on any atom is -0.383 e. The van der Waals surface area contributed by atoms with Crippen molar-refractivity contribution >= 4 is 60.3 Å². The molecule has 1 aromatic rings. The molecule has 1 rings (SSSR count). The lowest BCUT2D eigenvalue weighted by Gasteiger charge is -1.98. The van der Waals surface area contributed by atoms with Crippen LogP contribution in [-0.4, -0.2) is 4.98 Å². The van der Waals surface area contributed by atoms with E-state index in [0.29, 0.717) is 5.82 Å². The van der Waals surface area contributed by atoms with Crippen LogP contribution in [0.4, 0.5) is 5.82 Å². The zero-order valence-corrected chi connectivity index (χ0v) is 10.1. The molecule has 54 valence electrons. The van der Waals surface area contributed by atoms with Gasteiger partial charge in [-0.25, -0.2) is 4.98 Å². The second-order valence-corrected chi connectivity index (χ2v) is 4.40. The Hall–Kier alpha value is 0.640. The molecule has 2 N–H and O–H groups in total. The maximum atomic E-state index is 5.52. The van der Waals surface area contributed by atoms with Crippen LogP contribution in [0, 0.1) is 3.57 Å². The maximum absolute atomic E-state index is 5.52. The third kappa shape index (κ3) is 1.82. The van der Waals surface area contributed by atoms with Crippen molar-refractivity contribution in [3.8, 4) is 0 Å². The highest BCUT2D eigenvalue weighted by atomic mass is 127. The molecule has 0 saturated heterocycles. The van der Waals surface area contributed by atoms with Gasteiger partial charge in [0.15, 0.2) is 0 Å². The first kappa shape index (κ1) is 8.73. The Balaban J connectivity index is 3.28. The average Bonchev–Trinajstić information content (AvgIpc) is 1.84. The first-order valence-electron chi connectivity index (χ1n) is 2.38. The van der Waals surface area contributed by atoms with Crippen LogP contribution < -0.4 is 5.73 Å². The molecule has 0 saturated carbocycles. The van der Waals surface area contributed by atoms with Gasteiger partial charge < -0.3 is 5.73 Å². The summed E-state index contributed by atoms with van der Waals surface area (Å²) in [6.07, 6.45) is 0. The third-order valence-electron chi connectivity index (χ3n) is 0.914. The molecule has 10 heavy (non-hydrogen) atoms. The first-order valence-corrected chi connectivity index (χ1v) is 5.04. The molecule has 2 nitrogen and oxygen atoms in total. The van der Waals surface area contributed by atoms with Gasteiger partial charge in [-0.1, -0.05) is 0 Å². The SMILES string of the molecule is Nc1nc(Br)c(Br)cc1I. The zero-order valence-electron chi connectivity index (χ0n) is 4.74. The van der Waals surface area contributed by atoms with Gasteiger partial charge >= 0.3 is 0 Å². The Kier molecular flexibility index (Phi) is 2.93. The van der Waals surface area contributed by atoms with Gasteiger partial charge in [-0.15, -0.1) is 0 Å². The second-order valence-electron chi connectivity index (χ2n) is 1.63. The van der Waals surface area contributed by atoms with Crippen LogP contribution in [0.15, 0.2) is 15.1 Å². The van der Waals surface area contributed by atoms with Gasteiger partial charge in [0, 0.05) is 0 Å². The lowest BCUT2D eigenvalue weighted by molar-refractivity contribution is 1.25. The van der Waals surface area contributed by atoms with Gasteiger partial charge in [-0.2, -0.15) is 0 Å². The summed E-state index contributed by atoms with van der Waals surface area (Å²) < 4.78 is 2.61. The smallest absolute Gasteiger partial charge is 0.138 e. The summed E-state index contributed by atoms with van der Waals surface area (Å²) >= 11 is 8.68. The lowest BCUT2D eigenvalue weighted by atomic mass is 10.5. The summed E-state index contributed by atoms with van der Waals surface area (Å²) in [7, 11) is 0. The molecule has 0 amide bonds. The molecule has 0 bridgehead atoms. The van der Waals surface area contributed by atoms with Gasteiger partial charge in [0.25, 0.3) is 0 Å². The Morgan fingerprint density at radius 1 is 1.50 bits per heavy atom. The fourth-order valence-corrected chi connectivity index (χ4v) is 1.94. The van der Waals surface area contributed by atoms with Gasteiger partial charge in [-0.05, 0) is 60.5 Å². The number of rotatable bonds is 0. The highest BCUT2D eigenvalue weighted by Crippen LogP contribution is 2.25. The van der Waals surface area contributed by atoms with Gasteiger partial charge in [0.05, 0.1) is 8.04 Å². The molecule has 0 unspecified atom stereocenters. The predicted molar refractivity (Wildman–Crippen MR) is 56.8 cm³/mol. The minimum atomic E-state index is 0.552. The van der Waals surface area contributed by atoms with Crippen molar-refractivity contribution in [3.05, 3.63) is 18.7 Å². The van der Waals surface area contributed by atoms with Crippen LogP contribution in [-0.2, 0) is 0 Å². The van der Waals surface area contributed by atoms with E-state index in [-0.39, 0.29) is 0 Å². The molecule has 0 fully saturated rings. The van der Waals surface area contributed by atoms with Crippen molar-refractivity contribution in [2.75, 3.05) is 5.73 Å². The quantitative estimate of drug-likeness (QED) is 0.558. The summed E-state index contributed by atoms with van der Waals surface area (Å²) in [5.41, 5.74) is 5.52. The van der Waals surface area contributed by atoms with E-state index in [2.05, 4.69) is 59.4 Å². The third-order valence-corrected chi connectivity index (χ3v) is 3.52. The number of aromatic nitrogens is 1. The minimum absolute atomic E-state index is 0.552. The van der Waals surface area contributed by atoms with Crippen LogP contribution in [0.3, 0.4) is 0 Å². The summed E-state index contributed by atoms with van der Waals surface area (Å²) in [6, 6.07) is 1.91. The van der Waals surface area contributed by atoms with Crippen molar-refractivity contribution in [3.63, 3.8) is 0 Å². The van der Waals surface area contributed by atoms with Gasteiger partial charge in [0.1, 0.15) is 10.4 Å². The van der Waals surface area contributed by atoms with Gasteiger partial charge in [-0.3, -0.25) is 0 Å². The first-order chi connectivity index (χ1) is 4.61. The van der Waals surface area contributed by atoms with Crippen LogP contribution in [0.5, 0.6) is 0 Å². The van der Waals surface area contributed by atoms with E-state index in [1.165, 1.54) is 0 Å². The second kappa shape index (κ2) is 3.36. The number of nitrogens with zero attached hydrogens (tertiary/aromatic N) is 1. The van der Waals surface area contributed by atoms with E-state index >= 15 is 0 Å². The van der Waals surface area contributed by atoms with Crippen molar-refractivity contribution in [2.45, 2.75) is 0 Å². The molecule has 0 aliphatic rings. The zero-order chi connectivity index (χ0) is 7.72. The van der Waals surface area contributed by atoms with E-state index in [9.17, 15) is 0 Å². The number of halogens is 3. The van der Waals surface area contributed by atoms with Crippen LogP contribution in [0.2, 0.25) is 0 Å². The Bertz CT molecular complexity index is 214. The topological polar surface area (TPSA) is 38.9 Å². The molecule has 0 atom stereocenters. The van der Waals surface area contributed by atoms with E-state index in [1.54, 1.807) is 0 Å². The van der Waals surface area contributed by atoms with Crippen LogP contribution >= 0.6 is 54.5 Å². The average molecular weight is 378 g/mol. The summed E-state index contributed by atoms with van der Waals surface area (Å²) in [5, 5.41) is 0. The van der Waals surface area contributed by atoms with E-state index in [1.807, 2.05) is 6.07 Å². The molecule has 1 heterocycles. The normalized spacial score (nSPS) is 9.90. The molecule has 1 aromatic heterocycles. The molecule has 0 aromatic carbocycles. The molecule has 5 heteroatoms. The number of anilines is 1. The molecule has 0 aliphatic carbocycles. The van der Waals surface area contributed by atoms with Crippen molar-refractivity contribution < 1.29 is 0 Å². The maximum Gasteiger partial charge on any atom is 0.138 e. The number of pyridine rings is 1. The van der Waals surface area contributed by atoms with Crippen LogP contribution in [0.1, 0.15) is 0 Å². The fourth-order valence-electron chi connectivity index (χ4n) is 0.457. The highest BCUT2D eigenvalue weighted by Gasteiger charge is 2.01. The van der Waals surface area contributed by atoms with E-state index in [4.69, 9.17) is 5.73 Å². The van der Waals surface area contributed by atoms with E-state index in [0.717, 1.165) is 12.6 Å². The van der Waals surface area contributed by atoms with E-state index < -0.39 is 0 Å². The number of hydrogen-bond donors (Lipinski definition) is 1.